The second-order valence-corrected chi connectivity index (χ2v) is 4.39. The van der Waals surface area contributed by atoms with Crippen molar-refractivity contribution >= 4 is 17.6 Å². The van der Waals surface area contributed by atoms with Crippen LogP contribution in [0.4, 0.5) is 5.69 Å². The molecule has 0 fully saturated rings. The van der Waals surface area contributed by atoms with Gasteiger partial charge in [0.2, 0.25) is 5.91 Å². The molecule has 110 valence electrons. The van der Waals surface area contributed by atoms with Gasteiger partial charge in [0.15, 0.2) is 0 Å². The molecule has 1 aromatic carbocycles. The van der Waals surface area contributed by atoms with Crippen molar-refractivity contribution in [2.45, 2.75) is 18.9 Å². The zero-order valence-electron chi connectivity index (χ0n) is 11.1. The number of hydrogen-bond acceptors (Lipinski definition) is 5. The van der Waals surface area contributed by atoms with Crippen LogP contribution in [0.5, 0.6) is 0 Å². The number of rotatable bonds is 6. The van der Waals surface area contributed by atoms with Gasteiger partial charge in [-0.2, -0.15) is 15.0 Å². The first kappa shape index (κ1) is 14.7. The number of amides is 1. The molecule has 1 unspecified atom stereocenters. The first-order valence-electron chi connectivity index (χ1n) is 6.31. The van der Waals surface area contributed by atoms with Gasteiger partial charge in [-0.05, 0) is 30.7 Å². The lowest BCUT2D eigenvalue weighted by molar-refractivity contribution is -0.137. The van der Waals surface area contributed by atoms with E-state index in [1.54, 1.807) is 36.7 Å². The van der Waals surface area contributed by atoms with E-state index < -0.39 is 17.9 Å². The summed E-state index contributed by atoms with van der Waals surface area (Å²) in [4.78, 5) is 23.7. The van der Waals surface area contributed by atoms with E-state index in [1.807, 2.05) is 0 Å². The molecule has 0 spiro atoms. The Kier molecular flexibility index (Phi) is 4.62. The zero-order valence-corrected chi connectivity index (χ0v) is 11.1. The van der Waals surface area contributed by atoms with Crippen LogP contribution in [0.1, 0.15) is 12.8 Å². The van der Waals surface area contributed by atoms with Crippen molar-refractivity contribution in [3.05, 3.63) is 36.7 Å². The molecule has 0 bridgehead atoms. The minimum absolute atomic E-state index is 0.0937. The van der Waals surface area contributed by atoms with Crippen molar-refractivity contribution < 1.29 is 14.7 Å². The topological polar surface area (TPSA) is 123 Å². The predicted molar refractivity (Wildman–Crippen MR) is 74.8 cm³/mol. The van der Waals surface area contributed by atoms with Gasteiger partial charge >= 0.3 is 5.97 Å². The van der Waals surface area contributed by atoms with Crippen LogP contribution in [0.15, 0.2) is 36.7 Å². The number of carbonyl (C=O) groups is 2. The average Bonchev–Trinajstić information content (AvgIpc) is 2.99. The summed E-state index contributed by atoms with van der Waals surface area (Å²) in [6.45, 7) is 0. The fourth-order valence-corrected chi connectivity index (χ4v) is 1.67. The molecule has 2 rings (SSSR count). The van der Waals surface area contributed by atoms with Crippen LogP contribution >= 0.6 is 0 Å². The summed E-state index contributed by atoms with van der Waals surface area (Å²) in [7, 11) is 0. The van der Waals surface area contributed by atoms with Crippen molar-refractivity contribution in [1.29, 1.82) is 0 Å². The Labute approximate surface area is 120 Å². The summed E-state index contributed by atoms with van der Waals surface area (Å²) >= 11 is 0. The molecule has 21 heavy (non-hydrogen) atoms. The molecule has 0 saturated heterocycles. The Morgan fingerprint density at radius 1 is 1.24 bits per heavy atom. The quantitative estimate of drug-likeness (QED) is 0.707. The van der Waals surface area contributed by atoms with Crippen molar-refractivity contribution in [2.24, 2.45) is 5.73 Å². The lowest BCUT2D eigenvalue weighted by Gasteiger charge is -2.11. The summed E-state index contributed by atoms with van der Waals surface area (Å²) in [5.41, 5.74) is 6.95. The fourth-order valence-electron chi connectivity index (χ4n) is 1.67. The van der Waals surface area contributed by atoms with Crippen LogP contribution in [0.3, 0.4) is 0 Å². The van der Waals surface area contributed by atoms with Crippen LogP contribution < -0.4 is 11.1 Å². The maximum absolute atomic E-state index is 11.8. The molecule has 4 N–H and O–H groups in total. The Balaban J connectivity index is 1.94. The van der Waals surface area contributed by atoms with Crippen molar-refractivity contribution in [3.8, 4) is 5.69 Å². The van der Waals surface area contributed by atoms with Crippen LogP contribution in [-0.4, -0.2) is 38.0 Å². The summed E-state index contributed by atoms with van der Waals surface area (Å²) < 4.78 is 0. The summed E-state index contributed by atoms with van der Waals surface area (Å²) in [5, 5.41) is 19.2. The minimum atomic E-state index is -0.977. The molecule has 0 aliphatic rings. The average molecular weight is 289 g/mol. The van der Waals surface area contributed by atoms with E-state index in [4.69, 9.17) is 10.8 Å². The minimum Gasteiger partial charge on any atom is -0.481 e. The van der Waals surface area contributed by atoms with Crippen LogP contribution in [-0.2, 0) is 9.59 Å². The van der Waals surface area contributed by atoms with Gasteiger partial charge in [0.1, 0.15) is 0 Å². The van der Waals surface area contributed by atoms with E-state index in [0.29, 0.717) is 5.69 Å². The van der Waals surface area contributed by atoms with Crippen molar-refractivity contribution in [1.82, 2.24) is 15.0 Å². The Bertz CT molecular complexity index is 609. The van der Waals surface area contributed by atoms with E-state index in [1.165, 1.54) is 4.80 Å². The predicted octanol–water partition coefficient (Wildman–Crippen LogP) is 0.398. The molecular weight excluding hydrogens is 274 g/mol. The van der Waals surface area contributed by atoms with Crippen LogP contribution in [0.25, 0.3) is 5.69 Å². The van der Waals surface area contributed by atoms with Gasteiger partial charge in [-0.25, -0.2) is 0 Å². The second kappa shape index (κ2) is 6.62. The molecule has 0 saturated carbocycles. The maximum atomic E-state index is 11.8. The van der Waals surface area contributed by atoms with Gasteiger partial charge < -0.3 is 16.2 Å². The Morgan fingerprint density at radius 3 is 2.43 bits per heavy atom. The van der Waals surface area contributed by atoms with Gasteiger partial charge in [0, 0.05) is 12.1 Å². The summed E-state index contributed by atoms with van der Waals surface area (Å²) in [6, 6.07) is 6.03. The van der Waals surface area contributed by atoms with Gasteiger partial charge in [0.25, 0.3) is 0 Å². The smallest absolute Gasteiger partial charge is 0.303 e. The third-order valence-corrected chi connectivity index (χ3v) is 2.79. The number of benzene rings is 1. The van der Waals surface area contributed by atoms with E-state index in [-0.39, 0.29) is 12.8 Å². The van der Waals surface area contributed by atoms with E-state index in [2.05, 4.69) is 15.5 Å². The van der Waals surface area contributed by atoms with Gasteiger partial charge in [-0.15, -0.1) is 0 Å². The highest BCUT2D eigenvalue weighted by Gasteiger charge is 2.15. The number of nitrogens with two attached hydrogens (primary N) is 1. The number of nitrogens with zero attached hydrogens (tertiary/aromatic N) is 3. The number of hydrogen-bond donors (Lipinski definition) is 3. The molecule has 2 aromatic rings. The SMILES string of the molecule is NC(CCC(=O)O)C(=O)Nc1ccc(-n2nccn2)cc1. The molecule has 1 atom stereocenters. The van der Waals surface area contributed by atoms with E-state index >= 15 is 0 Å². The van der Waals surface area contributed by atoms with Gasteiger partial charge in [0.05, 0.1) is 24.1 Å². The fraction of sp³-hybridized carbons (Fsp3) is 0.231. The molecule has 1 heterocycles. The Morgan fingerprint density at radius 2 is 1.86 bits per heavy atom. The number of carboxylic acid groups (broad SMARTS) is 1. The maximum Gasteiger partial charge on any atom is 0.303 e. The molecule has 0 aliphatic carbocycles. The molecule has 8 nitrogen and oxygen atoms in total. The van der Waals surface area contributed by atoms with Crippen LogP contribution in [0.2, 0.25) is 0 Å². The third-order valence-electron chi connectivity index (χ3n) is 2.79. The van der Waals surface area contributed by atoms with Gasteiger partial charge in [-0.1, -0.05) is 0 Å². The highest BCUT2D eigenvalue weighted by atomic mass is 16.4. The lowest BCUT2D eigenvalue weighted by Crippen LogP contribution is -2.36. The number of carboxylic acids is 1. The van der Waals surface area contributed by atoms with Crippen molar-refractivity contribution in [3.63, 3.8) is 0 Å². The van der Waals surface area contributed by atoms with Gasteiger partial charge in [-0.3, -0.25) is 9.59 Å². The second-order valence-electron chi connectivity index (χ2n) is 4.39. The van der Waals surface area contributed by atoms with E-state index in [0.717, 1.165) is 5.69 Å². The third kappa shape index (κ3) is 4.11. The highest BCUT2D eigenvalue weighted by molar-refractivity contribution is 5.94. The number of carbonyl (C=O) groups excluding carboxylic acids is 1. The molecule has 8 heteroatoms. The molecule has 1 amide bonds. The van der Waals surface area contributed by atoms with E-state index in [9.17, 15) is 9.59 Å². The zero-order chi connectivity index (χ0) is 15.2. The number of aromatic nitrogens is 3. The lowest BCUT2D eigenvalue weighted by atomic mass is 10.1. The normalized spacial score (nSPS) is 11.9. The standard InChI is InChI=1S/C13H15N5O3/c14-11(5-6-12(19)20)13(21)17-9-1-3-10(4-2-9)18-15-7-8-16-18/h1-4,7-8,11H,5-6,14H2,(H,17,21)(H,19,20). The highest BCUT2D eigenvalue weighted by Crippen LogP contribution is 2.12. The monoisotopic (exact) mass is 289 g/mol. The molecular formula is C13H15N5O3. The number of aliphatic carboxylic acids is 1. The largest absolute Gasteiger partial charge is 0.481 e. The molecule has 0 radical (unpaired) electrons. The first-order valence-corrected chi connectivity index (χ1v) is 6.31. The first-order chi connectivity index (χ1) is 10.1. The number of anilines is 1. The molecule has 0 aliphatic heterocycles. The van der Waals surface area contributed by atoms with Crippen LogP contribution in [0, 0.1) is 0 Å². The number of nitrogens with one attached hydrogen (secondary N) is 1. The summed E-state index contributed by atoms with van der Waals surface area (Å²) in [6.07, 6.45) is 3.09. The summed E-state index contributed by atoms with van der Waals surface area (Å²) in [5.74, 6) is -1.39. The van der Waals surface area contributed by atoms with Crippen molar-refractivity contribution in [2.75, 3.05) is 5.32 Å². The Hall–Kier alpha value is -2.74. The molecule has 1 aromatic heterocycles.